The van der Waals surface area contributed by atoms with Crippen molar-refractivity contribution in [2.75, 3.05) is 0 Å². The van der Waals surface area contributed by atoms with Gasteiger partial charge in [0.05, 0.1) is 11.5 Å². The van der Waals surface area contributed by atoms with Crippen LogP contribution < -0.4 is 10.6 Å². The van der Waals surface area contributed by atoms with Crippen LogP contribution in [-0.2, 0) is 16.1 Å². The Morgan fingerprint density at radius 3 is 2.25 bits per heavy atom. The molecule has 1 aliphatic rings. The maximum Gasteiger partial charge on any atom is 0.407 e. The van der Waals surface area contributed by atoms with Crippen molar-refractivity contribution in [2.24, 2.45) is 11.3 Å². The van der Waals surface area contributed by atoms with Crippen molar-refractivity contribution in [1.29, 1.82) is 0 Å². The average Bonchev–Trinajstić information content (AvgIpc) is 3.38. The quantitative estimate of drug-likeness (QED) is 0.756. The maximum absolute atomic E-state index is 12.6. The second kappa shape index (κ2) is 8.46. The molecule has 5 heteroatoms. The number of hydrogen-bond acceptors (Lipinski definition) is 3. The highest BCUT2D eigenvalue weighted by atomic mass is 16.5. The zero-order valence-corrected chi connectivity index (χ0v) is 16.6. The molecule has 2 amide bonds. The zero-order chi connectivity index (χ0) is 20.1. The van der Waals surface area contributed by atoms with Crippen molar-refractivity contribution in [3.05, 3.63) is 71.8 Å². The summed E-state index contributed by atoms with van der Waals surface area (Å²) in [5.74, 6) is 0.0609. The van der Waals surface area contributed by atoms with E-state index in [2.05, 4.69) is 10.6 Å². The number of carbonyl (C=O) groups is 2. The van der Waals surface area contributed by atoms with E-state index in [1.54, 1.807) is 0 Å². The van der Waals surface area contributed by atoms with Crippen LogP contribution in [0.1, 0.15) is 44.4 Å². The molecule has 5 nitrogen and oxygen atoms in total. The summed E-state index contributed by atoms with van der Waals surface area (Å²) in [7, 11) is 0. The second-order valence-electron chi connectivity index (χ2n) is 7.95. The predicted molar refractivity (Wildman–Crippen MR) is 108 cm³/mol. The van der Waals surface area contributed by atoms with Crippen molar-refractivity contribution < 1.29 is 14.3 Å². The van der Waals surface area contributed by atoms with Crippen molar-refractivity contribution >= 4 is 12.0 Å². The van der Waals surface area contributed by atoms with E-state index in [9.17, 15) is 9.59 Å². The Balaban J connectivity index is 1.69. The Labute approximate surface area is 166 Å². The Bertz CT molecular complexity index is 807. The minimum Gasteiger partial charge on any atom is -0.445 e. The first kappa shape index (κ1) is 19.9. The van der Waals surface area contributed by atoms with Crippen LogP contribution in [0.25, 0.3) is 0 Å². The van der Waals surface area contributed by atoms with Crippen LogP contribution in [-0.4, -0.2) is 18.0 Å². The van der Waals surface area contributed by atoms with Crippen LogP contribution >= 0.6 is 0 Å². The van der Waals surface area contributed by atoms with E-state index in [1.165, 1.54) is 0 Å². The average molecular weight is 380 g/mol. The molecule has 0 radical (unpaired) electrons. The van der Waals surface area contributed by atoms with E-state index in [0.717, 1.165) is 17.5 Å². The molecule has 28 heavy (non-hydrogen) atoms. The van der Waals surface area contributed by atoms with Gasteiger partial charge >= 0.3 is 6.09 Å². The molecule has 0 spiro atoms. The molecule has 1 aliphatic carbocycles. The molecular weight excluding hydrogens is 352 g/mol. The van der Waals surface area contributed by atoms with Gasteiger partial charge in [0.15, 0.2) is 0 Å². The summed E-state index contributed by atoms with van der Waals surface area (Å²) in [5, 5.41) is 5.99. The van der Waals surface area contributed by atoms with Crippen molar-refractivity contribution in [3.63, 3.8) is 0 Å². The predicted octanol–water partition coefficient (Wildman–Crippen LogP) is 4.20. The summed E-state index contributed by atoms with van der Waals surface area (Å²) < 4.78 is 5.40. The lowest BCUT2D eigenvalue weighted by atomic mass is 9.95. The number of rotatable bonds is 7. The van der Waals surface area contributed by atoms with Crippen LogP contribution in [0, 0.1) is 11.3 Å². The lowest BCUT2D eigenvalue weighted by Gasteiger charge is -2.22. The van der Waals surface area contributed by atoms with E-state index in [0.29, 0.717) is 0 Å². The Kier molecular flexibility index (Phi) is 6.02. The lowest BCUT2D eigenvalue weighted by Crippen LogP contribution is -2.38. The lowest BCUT2D eigenvalue weighted by molar-refractivity contribution is -0.126. The molecule has 148 valence electrons. The summed E-state index contributed by atoms with van der Waals surface area (Å²) in [6.45, 7) is 6.07. The minimum absolute atomic E-state index is 0.0259. The van der Waals surface area contributed by atoms with Gasteiger partial charge in [0.2, 0.25) is 5.91 Å². The van der Waals surface area contributed by atoms with Crippen LogP contribution in [0.4, 0.5) is 4.79 Å². The number of carbonyl (C=O) groups excluding carboxylic acids is 2. The van der Waals surface area contributed by atoms with Crippen LogP contribution in [0.5, 0.6) is 0 Å². The zero-order valence-electron chi connectivity index (χ0n) is 16.6. The molecule has 3 atom stereocenters. The molecule has 2 N–H and O–H groups in total. The minimum atomic E-state index is -0.489. The molecule has 0 bridgehead atoms. The van der Waals surface area contributed by atoms with Crippen molar-refractivity contribution in [3.8, 4) is 0 Å². The third-order valence-corrected chi connectivity index (χ3v) is 5.29. The first-order valence-electron chi connectivity index (χ1n) is 9.73. The SMILES string of the molecule is CC(C)NC(=O)[C@]1(C)C[C@H]1[C@H](NC(=O)OCc1ccccc1)c1ccccc1. The molecule has 2 aromatic carbocycles. The number of nitrogens with one attached hydrogen (secondary N) is 2. The van der Waals surface area contributed by atoms with Gasteiger partial charge in [0, 0.05) is 6.04 Å². The van der Waals surface area contributed by atoms with Crippen molar-refractivity contribution in [1.82, 2.24) is 10.6 Å². The molecule has 2 aromatic rings. The highest BCUT2D eigenvalue weighted by Gasteiger charge is 2.59. The van der Waals surface area contributed by atoms with E-state index in [-0.39, 0.29) is 30.5 Å². The largest absolute Gasteiger partial charge is 0.445 e. The summed E-state index contributed by atoms with van der Waals surface area (Å²) >= 11 is 0. The first-order chi connectivity index (χ1) is 13.4. The molecule has 0 saturated heterocycles. The van der Waals surface area contributed by atoms with E-state index in [1.807, 2.05) is 81.4 Å². The number of amides is 2. The fraction of sp³-hybridized carbons (Fsp3) is 0.391. The molecule has 0 heterocycles. The van der Waals surface area contributed by atoms with Gasteiger partial charge in [-0.15, -0.1) is 0 Å². The summed E-state index contributed by atoms with van der Waals surface area (Å²) in [4.78, 5) is 25.1. The third-order valence-electron chi connectivity index (χ3n) is 5.29. The fourth-order valence-corrected chi connectivity index (χ4v) is 3.54. The Hall–Kier alpha value is -2.82. The van der Waals surface area contributed by atoms with E-state index in [4.69, 9.17) is 4.74 Å². The summed E-state index contributed by atoms with van der Waals surface area (Å²) in [5.41, 5.74) is 1.42. The van der Waals surface area contributed by atoms with Gasteiger partial charge in [-0.3, -0.25) is 4.79 Å². The second-order valence-corrected chi connectivity index (χ2v) is 7.95. The molecule has 1 fully saturated rings. The van der Waals surface area contributed by atoms with E-state index >= 15 is 0 Å². The van der Waals surface area contributed by atoms with Crippen LogP contribution in [0.2, 0.25) is 0 Å². The van der Waals surface area contributed by atoms with Crippen LogP contribution in [0.15, 0.2) is 60.7 Å². The number of benzene rings is 2. The van der Waals surface area contributed by atoms with Gasteiger partial charge in [0.1, 0.15) is 6.61 Å². The summed E-state index contributed by atoms with van der Waals surface area (Å²) in [6.07, 6.45) is 0.251. The van der Waals surface area contributed by atoms with Crippen LogP contribution in [0.3, 0.4) is 0 Å². The highest BCUT2D eigenvalue weighted by Crippen LogP contribution is 2.58. The van der Waals surface area contributed by atoms with Gasteiger partial charge in [-0.25, -0.2) is 4.79 Å². The van der Waals surface area contributed by atoms with Gasteiger partial charge in [-0.2, -0.15) is 0 Å². The highest BCUT2D eigenvalue weighted by molar-refractivity contribution is 5.86. The molecule has 3 rings (SSSR count). The Morgan fingerprint density at radius 1 is 1.04 bits per heavy atom. The maximum atomic E-state index is 12.6. The van der Waals surface area contributed by atoms with Crippen molar-refractivity contribution in [2.45, 2.75) is 45.9 Å². The molecular formula is C23H28N2O3. The molecule has 0 unspecified atom stereocenters. The number of hydrogen-bond donors (Lipinski definition) is 2. The van der Waals surface area contributed by atoms with Gasteiger partial charge in [-0.05, 0) is 37.3 Å². The Morgan fingerprint density at radius 2 is 1.64 bits per heavy atom. The van der Waals surface area contributed by atoms with Gasteiger partial charge in [0.25, 0.3) is 0 Å². The number of alkyl carbamates (subject to hydrolysis) is 1. The molecule has 0 aliphatic heterocycles. The normalized spacial score (nSPS) is 21.6. The molecule has 1 saturated carbocycles. The first-order valence-corrected chi connectivity index (χ1v) is 9.73. The smallest absolute Gasteiger partial charge is 0.407 e. The fourth-order valence-electron chi connectivity index (χ4n) is 3.54. The van der Waals surface area contributed by atoms with E-state index < -0.39 is 11.5 Å². The van der Waals surface area contributed by atoms with Gasteiger partial charge < -0.3 is 15.4 Å². The molecule has 0 aromatic heterocycles. The number of ether oxygens (including phenoxy) is 1. The standard InChI is InChI=1S/C23H28N2O3/c1-16(2)24-21(26)23(3)14-19(23)20(18-12-8-5-9-13-18)25-22(27)28-15-17-10-6-4-7-11-17/h4-13,16,19-20H,14-15H2,1-3H3,(H,24,26)(H,25,27)/t19-,20+,23+/m0/s1. The van der Waals surface area contributed by atoms with Gasteiger partial charge in [-0.1, -0.05) is 67.6 Å². The summed E-state index contributed by atoms with van der Waals surface area (Å²) in [6, 6.07) is 19.1. The third kappa shape index (κ3) is 4.71. The topological polar surface area (TPSA) is 67.4 Å². The monoisotopic (exact) mass is 380 g/mol.